The molecule has 94 valence electrons. The molecule has 0 spiro atoms. The highest BCUT2D eigenvalue weighted by Gasteiger charge is 1.97. The minimum Gasteiger partial charge on any atom is -0.480 e. The summed E-state index contributed by atoms with van der Waals surface area (Å²) >= 11 is 0. The normalized spacial score (nSPS) is 11.1. The molecule has 2 N–H and O–H groups in total. The molecule has 0 unspecified atom stereocenters. The van der Waals surface area contributed by atoms with Crippen LogP contribution in [0.1, 0.15) is 11.1 Å². The quantitative estimate of drug-likeness (QED) is 0.723. The van der Waals surface area contributed by atoms with Gasteiger partial charge in [-0.2, -0.15) is 0 Å². The van der Waals surface area contributed by atoms with E-state index in [1.54, 1.807) is 24.3 Å². The van der Waals surface area contributed by atoms with Gasteiger partial charge >= 0.3 is 11.9 Å². The molecule has 1 rings (SSSR count). The highest BCUT2D eigenvalue weighted by atomic mass is 16.4. The number of carboxylic acids is 2. The Kier molecular flexibility index (Phi) is 5.24. The zero-order valence-electron chi connectivity index (χ0n) is 9.48. The van der Waals surface area contributed by atoms with Crippen molar-refractivity contribution in [2.24, 2.45) is 9.98 Å². The summed E-state index contributed by atoms with van der Waals surface area (Å²) in [5.74, 6) is -2.02. The van der Waals surface area contributed by atoms with Gasteiger partial charge in [0.25, 0.3) is 0 Å². The number of aliphatic imine (C=N–C) groups is 2. The minimum absolute atomic E-state index is 0.305. The van der Waals surface area contributed by atoms with E-state index in [2.05, 4.69) is 9.98 Å². The number of carbonyl (C=O) groups is 2. The SMILES string of the molecule is O=C(O)C/N=C/c1ccccc1/C=N/CC(=O)O. The number of rotatable bonds is 6. The van der Waals surface area contributed by atoms with Crippen LogP contribution in [-0.2, 0) is 9.59 Å². The predicted octanol–water partition coefficient (Wildman–Crippen LogP) is 0.694. The van der Waals surface area contributed by atoms with Crippen molar-refractivity contribution in [1.29, 1.82) is 0 Å². The van der Waals surface area contributed by atoms with Gasteiger partial charge in [-0.15, -0.1) is 0 Å². The lowest BCUT2D eigenvalue weighted by molar-refractivity contribution is -0.136. The molecule has 0 fully saturated rings. The average molecular weight is 248 g/mol. The van der Waals surface area contributed by atoms with E-state index >= 15 is 0 Å². The van der Waals surface area contributed by atoms with Gasteiger partial charge in [-0.1, -0.05) is 24.3 Å². The third-order valence-corrected chi connectivity index (χ3v) is 1.91. The molecule has 1 aromatic carbocycles. The highest BCUT2D eigenvalue weighted by Crippen LogP contribution is 2.03. The number of benzene rings is 1. The maximum absolute atomic E-state index is 10.3. The zero-order valence-corrected chi connectivity index (χ0v) is 9.48. The van der Waals surface area contributed by atoms with Crippen LogP contribution in [0.15, 0.2) is 34.3 Å². The van der Waals surface area contributed by atoms with Crippen molar-refractivity contribution in [3.63, 3.8) is 0 Å². The monoisotopic (exact) mass is 248 g/mol. The first-order chi connectivity index (χ1) is 8.59. The van der Waals surface area contributed by atoms with Crippen LogP contribution in [0.3, 0.4) is 0 Å². The first-order valence-corrected chi connectivity index (χ1v) is 5.12. The smallest absolute Gasteiger partial charge is 0.325 e. The van der Waals surface area contributed by atoms with Crippen LogP contribution < -0.4 is 0 Å². The summed E-state index contributed by atoms with van der Waals surface area (Å²) in [4.78, 5) is 28.1. The van der Waals surface area contributed by atoms with Crippen molar-refractivity contribution < 1.29 is 19.8 Å². The van der Waals surface area contributed by atoms with Crippen LogP contribution in [0.5, 0.6) is 0 Å². The topological polar surface area (TPSA) is 99.3 Å². The van der Waals surface area contributed by atoms with Crippen LogP contribution in [0.25, 0.3) is 0 Å². The summed E-state index contributed by atoms with van der Waals surface area (Å²) in [5.41, 5.74) is 1.38. The molecule has 0 bridgehead atoms. The summed E-state index contributed by atoms with van der Waals surface area (Å²) in [5, 5.41) is 16.9. The Morgan fingerprint density at radius 1 is 0.944 bits per heavy atom. The first kappa shape index (κ1) is 13.6. The molecular formula is C12H12N2O4. The van der Waals surface area contributed by atoms with Crippen LogP contribution in [-0.4, -0.2) is 47.7 Å². The Bertz CT molecular complexity index is 450. The van der Waals surface area contributed by atoms with Crippen LogP contribution >= 0.6 is 0 Å². The second kappa shape index (κ2) is 6.95. The van der Waals surface area contributed by atoms with E-state index < -0.39 is 11.9 Å². The molecule has 6 heteroatoms. The minimum atomic E-state index is -1.01. The number of nitrogens with zero attached hydrogens (tertiary/aromatic N) is 2. The Morgan fingerprint density at radius 3 is 1.67 bits per heavy atom. The van der Waals surface area contributed by atoms with Gasteiger partial charge in [-0.3, -0.25) is 19.6 Å². The van der Waals surface area contributed by atoms with Crippen LogP contribution in [0, 0.1) is 0 Å². The van der Waals surface area contributed by atoms with E-state index in [0.717, 1.165) is 0 Å². The molecule has 0 atom stereocenters. The van der Waals surface area contributed by atoms with Gasteiger partial charge in [0.1, 0.15) is 13.1 Å². The molecule has 0 aliphatic carbocycles. The van der Waals surface area contributed by atoms with Crippen molar-refractivity contribution >= 4 is 24.4 Å². The van der Waals surface area contributed by atoms with Gasteiger partial charge in [0.15, 0.2) is 0 Å². The van der Waals surface area contributed by atoms with Gasteiger partial charge in [0.2, 0.25) is 0 Å². The Hall–Kier alpha value is -2.50. The van der Waals surface area contributed by atoms with E-state index in [4.69, 9.17) is 10.2 Å². The summed E-state index contributed by atoms with van der Waals surface area (Å²) in [6.45, 7) is -0.610. The molecule has 6 nitrogen and oxygen atoms in total. The molecule has 0 heterocycles. The first-order valence-electron chi connectivity index (χ1n) is 5.12. The third kappa shape index (κ3) is 5.02. The van der Waals surface area contributed by atoms with Gasteiger partial charge in [-0.05, 0) is 0 Å². The Morgan fingerprint density at radius 2 is 1.33 bits per heavy atom. The molecule has 0 amide bonds. The van der Waals surface area contributed by atoms with Crippen LogP contribution in [0.2, 0.25) is 0 Å². The van der Waals surface area contributed by atoms with Gasteiger partial charge in [0.05, 0.1) is 0 Å². The molecule has 1 aromatic rings. The fourth-order valence-corrected chi connectivity index (χ4v) is 1.19. The second-order valence-electron chi connectivity index (χ2n) is 3.36. The van der Waals surface area contributed by atoms with Gasteiger partial charge in [-0.25, -0.2) is 0 Å². The average Bonchev–Trinajstić information content (AvgIpc) is 2.30. The van der Waals surface area contributed by atoms with E-state index in [-0.39, 0.29) is 13.1 Å². The van der Waals surface area contributed by atoms with Crippen molar-refractivity contribution in [3.05, 3.63) is 35.4 Å². The van der Waals surface area contributed by atoms with Crippen molar-refractivity contribution in [3.8, 4) is 0 Å². The maximum atomic E-state index is 10.3. The van der Waals surface area contributed by atoms with E-state index in [9.17, 15) is 9.59 Å². The predicted molar refractivity (Wildman–Crippen MR) is 66.6 cm³/mol. The molecule has 0 saturated heterocycles. The van der Waals surface area contributed by atoms with Gasteiger partial charge in [0, 0.05) is 23.6 Å². The van der Waals surface area contributed by atoms with Crippen molar-refractivity contribution in [2.45, 2.75) is 0 Å². The number of hydrogen-bond donors (Lipinski definition) is 2. The fourth-order valence-electron chi connectivity index (χ4n) is 1.19. The van der Waals surface area contributed by atoms with E-state index in [0.29, 0.717) is 11.1 Å². The number of aliphatic carboxylic acids is 2. The van der Waals surface area contributed by atoms with Crippen molar-refractivity contribution in [2.75, 3.05) is 13.1 Å². The lowest BCUT2D eigenvalue weighted by atomic mass is 10.1. The Balaban J connectivity index is 2.79. The summed E-state index contributed by atoms with van der Waals surface area (Å²) in [7, 11) is 0. The summed E-state index contributed by atoms with van der Waals surface area (Å²) in [6.07, 6.45) is 2.85. The molecule has 0 saturated carbocycles. The van der Waals surface area contributed by atoms with E-state index in [1.165, 1.54) is 12.4 Å². The molecule has 0 aliphatic heterocycles. The van der Waals surface area contributed by atoms with E-state index in [1.807, 2.05) is 0 Å². The number of carboxylic acid groups (broad SMARTS) is 2. The fraction of sp³-hybridized carbons (Fsp3) is 0.167. The largest absolute Gasteiger partial charge is 0.480 e. The zero-order chi connectivity index (χ0) is 13.4. The molecule has 0 aromatic heterocycles. The standard InChI is InChI=1S/C12H12N2O4/c15-11(16)7-13-5-9-3-1-2-4-10(9)6-14-8-12(17)18/h1-6H,7-8H2,(H,15,16)(H,17,18)/b13-5+,14-6+. The maximum Gasteiger partial charge on any atom is 0.325 e. The third-order valence-electron chi connectivity index (χ3n) is 1.91. The number of hydrogen-bond acceptors (Lipinski definition) is 4. The molecule has 18 heavy (non-hydrogen) atoms. The summed E-state index contributed by atoms with van der Waals surface area (Å²) < 4.78 is 0. The molecular weight excluding hydrogens is 236 g/mol. The van der Waals surface area contributed by atoms with Gasteiger partial charge < -0.3 is 10.2 Å². The lowest BCUT2D eigenvalue weighted by Gasteiger charge is -1.98. The highest BCUT2D eigenvalue weighted by molar-refractivity contribution is 5.95. The molecule has 0 radical (unpaired) electrons. The second-order valence-corrected chi connectivity index (χ2v) is 3.36. The summed E-state index contributed by atoms with van der Waals surface area (Å²) in [6, 6.07) is 7.04. The Labute approximate surface area is 103 Å². The molecule has 0 aliphatic rings. The van der Waals surface area contributed by atoms with Crippen LogP contribution in [0.4, 0.5) is 0 Å². The lowest BCUT2D eigenvalue weighted by Crippen LogP contribution is -2.01. The van der Waals surface area contributed by atoms with Crippen molar-refractivity contribution in [1.82, 2.24) is 0 Å².